The lowest BCUT2D eigenvalue weighted by Gasteiger charge is -2.33. The quantitative estimate of drug-likeness (QED) is 0.777. The van der Waals surface area contributed by atoms with Crippen LogP contribution < -0.4 is 4.90 Å². The van der Waals surface area contributed by atoms with Crippen LogP contribution in [0.5, 0.6) is 0 Å². The molecule has 128 valence electrons. The molecule has 0 aromatic carbocycles. The van der Waals surface area contributed by atoms with Crippen molar-refractivity contribution >= 4 is 11.8 Å². The largest absolute Gasteiger partial charge is 0.466 e. The van der Waals surface area contributed by atoms with Crippen LogP contribution in [-0.4, -0.2) is 35.6 Å². The normalized spacial score (nSPS) is 18.6. The van der Waals surface area contributed by atoms with Crippen molar-refractivity contribution in [2.24, 2.45) is 5.92 Å². The second-order valence-electron chi connectivity index (χ2n) is 6.86. The maximum Gasteiger partial charge on any atom is 0.310 e. The van der Waals surface area contributed by atoms with Crippen molar-refractivity contribution in [3.05, 3.63) is 17.6 Å². The number of hydrogen-bond donors (Lipinski definition) is 0. The number of carbonyl (C=O) groups excluding carboxylic acids is 1. The maximum atomic E-state index is 12.0. The summed E-state index contributed by atoms with van der Waals surface area (Å²) < 4.78 is 5.19. The fourth-order valence-electron chi connectivity index (χ4n) is 2.83. The molecule has 1 aliphatic heterocycles. The van der Waals surface area contributed by atoms with Crippen molar-refractivity contribution in [1.82, 2.24) is 9.97 Å². The van der Waals surface area contributed by atoms with Crippen molar-refractivity contribution in [3.63, 3.8) is 0 Å². The van der Waals surface area contributed by atoms with Gasteiger partial charge in [-0.2, -0.15) is 0 Å². The lowest BCUT2D eigenvalue weighted by molar-refractivity contribution is -0.148. The van der Waals surface area contributed by atoms with E-state index >= 15 is 0 Å². The van der Waals surface area contributed by atoms with Gasteiger partial charge in [-0.25, -0.2) is 9.97 Å². The fourth-order valence-corrected chi connectivity index (χ4v) is 2.83. The number of piperidine rings is 1. The summed E-state index contributed by atoms with van der Waals surface area (Å²) >= 11 is 0. The van der Waals surface area contributed by atoms with E-state index in [0.717, 1.165) is 36.7 Å². The van der Waals surface area contributed by atoms with Crippen molar-refractivity contribution in [1.29, 1.82) is 0 Å². The van der Waals surface area contributed by atoms with E-state index in [0.29, 0.717) is 19.1 Å². The van der Waals surface area contributed by atoms with E-state index in [1.54, 1.807) is 0 Å². The van der Waals surface area contributed by atoms with Gasteiger partial charge < -0.3 is 9.64 Å². The molecule has 0 bridgehead atoms. The molecular formula is C18H29N3O2. The molecule has 0 N–H and O–H groups in total. The van der Waals surface area contributed by atoms with Gasteiger partial charge in [-0.3, -0.25) is 4.79 Å². The highest BCUT2D eigenvalue weighted by atomic mass is 16.5. The van der Waals surface area contributed by atoms with Crippen LogP contribution in [0.15, 0.2) is 6.07 Å². The molecule has 1 aliphatic rings. The second kappa shape index (κ2) is 7.75. The predicted octanol–water partition coefficient (Wildman–Crippen LogP) is 3.50. The molecule has 0 aliphatic carbocycles. The highest BCUT2D eigenvalue weighted by molar-refractivity contribution is 5.73. The topological polar surface area (TPSA) is 55.3 Å². The lowest BCUT2D eigenvalue weighted by Crippen LogP contribution is -2.40. The molecule has 0 saturated carbocycles. The van der Waals surface area contributed by atoms with Gasteiger partial charge in [-0.05, 0) is 25.7 Å². The van der Waals surface area contributed by atoms with E-state index in [1.807, 2.05) is 6.92 Å². The standard InChI is InChI=1S/C18H29N3O2/c1-6-23-18(22)14-8-7-9-21(11-14)16-10-15(12(2)3)19-17(20-16)13(4)5/h10,12-14H,6-9,11H2,1-5H3. The molecule has 0 amide bonds. The van der Waals surface area contributed by atoms with Gasteiger partial charge in [0, 0.05) is 30.8 Å². The summed E-state index contributed by atoms with van der Waals surface area (Å²) in [6.07, 6.45) is 1.88. The molecule has 1 unspecified atom stereocenters. The van der Waals surface area contributed by atoms with Gasteiger partial charge in [0.25, 0.3) is 0 Å². The molecule has 5 nitrogen and oxygen atoms in total. The fraction of sp³-hybridized carbons (Fsp3) is 0.722. The van der Waals surface area contributed by atoms with E-state index in [4.69, 9.17) is 9.72 Å². The lowest BCUT2D eigenvalue weighted by atomic mass is 9.98. The molecule has 2 heterocycles. The zero-order valence-corrected chi connectivity index (χ0v) is 15.0. The van der Waals surface area contributed by atoms with Gasteiger partial charge in [0.2, 0.25) is 0 Å². The summed E-state index contributed by atoms with van der Waals surface area (Å²) in [5.41, 5.74) is 1.07. The molecule has 1 saturated heterocycles. The number of carbonyl (C=O) groups is 1. The Balaban J connectivity index is 2.24. The average Bonchev–Trinajstić information content (AvgIpc) is 2.54. The Morgan fingerprint density at radius 3 is 2.65 bits per heavy atom. The first-order valence-electron chi connectivity index (χ1n) is 8.72. The molecule has 5 heteroatoms. The van der Waals surface area contributed by atoms with Gasteiger partial charge in [-0.1, -0.05) is 27.7 Å². The minimum absolute atomic E-state index is 0.0522. The van der Waals surface area contributed by atoms with E-state index < -0.39 is 0 Å². The molecule has 23 heavy (non-hydrogen) atoms. The van der Waals surface area contributed by atoms with Gasteiger partial charge in [0.15, 0.2) is 0 Å². The summed E-state index contributed by atoms with van der Waals surface area (Å²) in [6.45, 7) is 12.4. The molecule has 1 atom stereocenters. The number of hydrogen-bond acceptors (Lipinski definition) is 5. The predicted molar refractivity (Wildman–Crippen MR) is 91.8 cm³/mol. The summed E-state index contributed by atoms with van der Waals surface area (Å²) in [7, 11) is 0. The smallest absolute Gasteiger partial charge is 0.310 e. The Morgan fingerprint density at radius 2 is 2.04 bits per heavy atom. The van der Waals surface area contributed by atoms with Crippen LogP contribution in [0.2, 0.25) is 0 Å². The Hall–Kier alpha value is -1.65. The molecule has 0 spiro atoms. The van der Waals surface area contributed by atoms with E-state index in [1.165, 1.54) is 0 Å². The minimum atomic E-state index is -0.0839. The highest BCUT2D eigenvalue weighted by Crippen LogP contribution is 2.26. The molecule has 1 aromatic heterocycles. The number of ether oxygens (including phenoxy) is 1. The summed E-state index contributed by atoms with van der Waals surface area (Å²) in [4.78, 5) is 23.7. The van der Waals surface area contributed by atoms with E-state index in [2.05, 4.69) is 43.6 Å². The summed E-state index contributed by atoms with van der Waals surface area (Å²) in [5, 5.41) is 0. The van der Waals surface area contributed by atoms with E-state index in [9.17, 15) is 4.79 Å². The van der Waals surface area contributed by atoms with Crippen LogP contribution in [-0.2, 0) is 9.53 Å². The van der Waals surface area contributed by atoms with Gasteiger partial charge in [0.1, 0.15) is 11.6 Å². The average molecular weight is 319 g/mol. The second-order valence-corrected chi connectivity index (χ2v) is 6.86. The Bertz CT molecular complexity index is 517. The first kappa shape index (κ1) is 17.7. The number of aromatic nitrogens is 2. The molecule has 0 radical (unpaired) electrons. The van der Waals surface area contributed by atoms with Crippen LogP contribution in [0.25, 0.3) is 0 Å². The van der Waals surface area contributed by atoms with Crippen molar-refractivity contribution in [2.45, 2.75) is 59.3 Å². The Labute approximate surface area is 139 Å². The molecule has 1 fully saturated rings. The molecule has 1 aromatic rings. The summed E-state index contributed by atoms with van der Waals surface area (Å²) in [5.74, 6) is 2.34. The number of anilines is 1. The zero-order chi connectivity index (χ0) is 17.0. The van der Waals surface area contributed by atoms with Crippen LogP contribution in [0.3, 0.4) is 0 Å². The highest BCUT2D eigenvalue weighted by Gasteiger charge is 2.28. The number of esters is 1. The van der Waals surface area contributed by atoms with Gasteiger partial charge in [-0.15, -0.1) is 0 Å². The van der Waals surface area contributed by atoms with Crippen molar-refractivity contribution < 1.29 is 9.53 Å². The van der Waals surface area contributed by atoms with Crippen molar-refractivity contribution in [3.8, 4) is 0 Å². The Morgan fingerprint density at radius 1 is 1.30 bits per heavy atom. The third-order valence-electron chi connectivity index (χ3n) is 4.22. The molecular weight excluding hydrogens is 290 g/mol. The van der Waals surface area contributed by atoms with Gasteiger partial charge >= 0.3 is 5.97 Å². The number of rotatable bonds is 5. The van der Waals surface area contributed by atoms with Gasteiger partial charge in [0.05, 0.1) is 12.5 Å². The monoisotopic (exact) mass is 319 g/mol. The maximum absolute atomic E-state index is 12.0. The Kier molecular flexibility index (Phi) is 5.97. The number of nitrogens with zero attached hydrogens (tertiary/aromatic N) is 3. The summed E-state index contributed by atoms with van der Waals surface area (Å²) in [6, 6.07) is 2.07. The van der Waals surface area contributed by atoms with Crippen LogP contribution >= 0.6 is 0 Å². The first-order chi connectivity index (χ1) is 10.9. The van der Waals surface area contributed by atoms with E-state index in [-0.39, 0.29) is 17.8 Å². The first-order valence-corrected chi connectivity index (χ1v) is 8.72. The van der Waals surface area contributed by atoms with Crippen LogP contribution in [0.1, 0.15) is 70.8 Å². The molecule has 2 rings (SSSR count). The minimum Gasteiger partial charge on any atom is -0.466 e. The third-order valence-corrected chi connectivity index (χ3v) is 4.22. The third kappa shape index (κ3) is 4.43. The van der Waals surface area contributed by atoms with Crippen molar-refractivity contribution in [2.75, 3.05) is 24.6 Å². The SMILES string of the molecule is CCOC(=O)C1CCCN(c2cc(C(C)C)nc(C(C)C)n2)C1. The zero-order valence-electron chi connectivity index (χ0n) is 15.0. The van der Waals surface area contributed by atoms with Crippen LogP contribution in [0.4, 0.5) is 5.82 Å². The van der Waals surface area contributed by atoms with Crippen LogP contribution in [0, 0.1) is 5.92 Å².